The van der Waals surface area contributed by atoms with Crippen LogP contribution in [0, 0.1) is 10.1 Å². The number of pyridine rings is 1. The van der Waals surface area contributed by atoms with E-state index < -0.39 is 4.92 Å². The van der Waals surface area contributed by atoms with E-state index in [1.165, 1.54) is 23.9 Å². The van der Waals surface area contributed by atoms with Gasteiger partial charge in [-0.25, -0.2) is 4.98 Å². The summed E-state index contributed by atoms with van der Waals surface area (Å²) in [5, 5.41) is 15.4. The molecule has 1 saturated heterocycles. The smallest absolute Gasteiger partial charge is 0.269 e. The van der Waals surface area contributed by atoms with Crippen molar-refractivity contribution in [2.45, 2.75) is 23.6 Å². The van der Waals surface area contributed by atoms with Gasteiger partial charge in [0.05, 0.1) is 21.3 Å². The van der Waals surface area contributed by atoms with Crippen molar-refractivity contribution < 1.29 is 14.2 Å². The molecular weight excluding hydrogens is 394 g/mol. The van der Waals surface area contributed by atoms with Crippen molar-refractivity contribution in [1.29, 1.82) is 0 Å². The van der Waals surface area contributed by atoms with E-state index in [1.54, 1.807) is 24.4 Å². The summed E-state index contributed by atoms with van der Waals surface area (Å²) < 4.78 is 5.24. The maximum atomic E-state index is 12.3. The van der Waals surface area contributed by atoms with Gasteiger partial charge in [-0.2, -0.15) is 4.98 Å². The number of carbonyl (C=O) groups is 1. The molecule has 3 heterocycles. The SMILES string of the molecule is O=C(c1ccc(SCc2nc(-c3ccc([N+](=O)[O-])cc3)no2)nc1)N1CCCC1. The van der Waals surface area contributed by atoms with Crippen molar-refractivity contribution in [2.24, 2.45) is 0 Å². The molecule has 0 saturated carbocycles. The average Bonchev–Trinajstić information content (AvgIpc) is 3.44. The van der Waals surface area contributed by atoms with Crippen LogP contribution in [0.4, 0.5) is 5.69 Å². The van der Waals surface area contributed by atoms with Crippen molar-refractivity contribution in [2.75, 3.05) is 13.1 Å². The second-order valence-corrected chi connectivity index (χ2v) is 7.48. The van der Waals surface area contributed by atoms with E-state index in [4.69, 9.17) is 4.52 Å². The number of hydrogen-bond donors (Lipinski definition) is 0. The number of thioether (sulfide) groups is 1. The maximum Gasteiger partial charge on any atom is 0.269 e. The fourth-order valence-corrected chi connectivity index (χ4v) is 3.67. The molecule has 9 nitrogen and oxygen atoms in total. The van der Waals surface area contributed by atoms with Gasteiger partial charge in [-0.1, -0.05) is 16.9 Å². The maximum absolute atomic E-state index is 12.3. The number of benzene rings is 1. The Labute approximate surface area is 170 Å². The minimum Gasteiger partial charge on any atom is -0.339 e. The van der Waals surface area contributed by atoms with E-state index in [0.29, 0.717) is 28.6 Å². The largest absolute Gasteiger partial charge is 0.339 e. The zero-order chi connectivity index (χ0) is 20.2. The lowest BCUT2D eigenvalue weighted by atomic mass is 10.2. The number of non-ortho nitro benzene ring substituents is 1. The predicted molar refractivity (Wildman–Crippen MR) is 105 cm³/mol. The van der Waals surface area contributed by atoms with Gasteiger partial charge in [0.15, 0.2) is 0 Å². The summed E-state index contributed by atoms with van der Waals surface area (Å²) in [6, 6.07) is 9.55. The molecule has 0 unspecified atom stereocenters. The molecule has 3 aromatic rings. The van der Waals surface area contributed by atoms with Crippen LogP contribution in [0.3, 0.4) is 0 Å². The van der Waals surface area contributed by atoms with E-state index in [1.807, 2.05) is 11.0 Å². The second-order valence-electron chi connectivity index (χ2n) is 6.49. The third-order valence-electron chi connectivity index (χ3n) is 4.52. The van der Waals surface area contributed by atoms with Gasteiger partial charge in [-0.05, 0) is 37.1 Å². The van der Waals surface area contributed by atoms with Gasteiger partial charge in [0.25, 0.3) is 11.6 Å². The molecule has 1 fully saturated rings. The Hall–Kier alpha value is -3.27. The third kappa shape index (κ3) is 4.43. The Kier molecular flexibility index (Phi) is 5.52. The zero-order valence-electron chi connectivity index (χ0n) is 15.4. The van der Waals surface area contributed by atoms with Crippen LogP contribution in [0.15, 0.2) is 52.1 Å². The molecule has 4 rings (SSSR count). The first-order valence-corrected chi connectivity index (χ1v) is 10.0. The fraction of sp³-hybridized carbons (Fsp3) is 0.263. The molecule has 29 heavy (non-hydrogen) atoms. The van der Waals surface area contributed by atoms with Crippen LogP contribution in [0.1, 0.15) is 29.1 Å². The molecule has 1 amide bonds. The number of carbonyl (C=O) groups excluding carboxylic acids is 1. The Balaban J connectivity index is 1.36. The van der Waals surface area contributed by atoms with Gasteiger partial charge in [-0.3, -0.25) is 14.9 Å². The van der Waals surface area contributed by atoms with Crippen LogP contribution < -0.4 is 0 Å². The summed E-state index contributed by atoms with van der Waals surface area (Å²) in [7, 11) is 0. The summed E-state index contributed by atoms with van der Waals surface area (Å²) in [5.74, 6) is 1.24. The molecule has 10 heteroatoms. The number of aromatic nitrogens is 3. The zero-order valence-corrected chi connectivity index (χ0v) is 16.2. The number of likely N-dealkylation sites (tertiary alicyclic amines) is 1. The molecular formula is C19H17N5O4S. The van der Waals surface area contributed by atoms with Crippen LogP contribution in [0.25, 0.3) is 11.4 Å². The van der Waals surface area contributed by atoms with Gasteiger partial charge in [0, 0.05) is 37.0 Å². The summed E-state index contributed by atoms with van der Waals surface area (Å²) in [6.45, 7) is 1.62. The molecule has 2 aromatic heterocycles. The Morgan fingerprint density at radius 3 is 2.59 bits per heavy atom. The number of hydrogen-bond acceptors (Lipinski definition) is 8. The van der Waals surface area contributed by atoms with Gasteiger partial charge in [-0.15, -0.1) is 0 Å². The summed E-state index contributed by atoms with van der Waals surface area (Å²) in [4.78, 5) is 33.1. The summed E-state index contributed by atoms with van der Waals surface area (Å²) in [5.41, 5.74) is 1.23. The number of amides is 1. The van der Waals surface area contributed by atoms with Crippen LogP contribution in [0.2, 0.25) is 0 Å². The van der Waals surface area contributed by atoms with E-state index >= 15 is 0 Å². The van der Waals surface area contributed by atoms with Crippen LogP contribution >= 0.6 is 11.8 Å². The summed E-state index contributed by atoms with van der Waals surface area (Å²) in [6.07, 6.45) is 3.71. The Morgan fingerprint density at radius 2 is 1.93 bits per heavy atom. The van der Waals surface area contributed by atoms with Gasteiger partial charge in [0.2, 0.25) is 11.7 Å². The normalized spacial score (nSPS) is 13.6. The van der Waals surface area contributed by atoms with Gasteiger partial charge < -0.3 is 9.42 Å². The van der Waals surface area contributed by atoms with Crippen molar-refractivity contribution in [3.8, 4) is 11.4 Å². The lowest BCUT2D eigenvalue weighted by Crippen LogP contribution is -2.27. The molecule has 1 aromatic carbocycles. The molecule has 0 bridgehead atoms. The topological polar surface area (TPSA) is 115 Å². The van der Waals surface area contributed by atoms with E-state index in [0.717, 1.165) is 31.0 Å². The minimum absolute atomic E-state index is 0.00533. The standard InChI is InChI=1S/C19H17N5O4S/c25-19(23-9-1-2-10-23)14-5-8-17(20-11-14)29-12-16-21-18(22-28-16)13-3-6-15(7-4-13)24(26)27/h3-8,11H,1-2,9-10,12H2. The van der Waals surface area contributed by atoms with Crippen molar-refractivity contribution in [3.63, 3.8) is 0 Å². The molecule has 148 valence electrons. The molecule has 1 aliphatic rings. The molecule has 0 radical (unpaired) electrons. The summed E-state index contributed by atoms with van der Waals surface area (Å²) >= 11 is 1.42. The number of nitrogens with zero attached hydrogens (tertiary/aromatic N) is 5. The monoisotopic (exact) mass is 411 g/mol. The third-order valence-corrected chi connectivity index (χ3v) is 5.45. The number of rotatable bonds is 6. The average molecular weight is 411 g/mol. The Bertz CT molecular complexity index is 1010. The minimum atomic E-state index is -0.459. The van der Waals surface area contributed by atoms with Crippen LogP contribution in [-0.2, 0) is 5.75 Å². The predicted octanol–water partition coefficient (Wildman–Crippen LogP) is 3.57. The highest BCUT2D eigenvalue weighted by Crippen LogP contribution is 2.24. The second kappa shape index (κ2) is 8.39. The molecule has 0 N–H and O–H groups in total. The van der Waals surface area contributed by atoms with Crippen molar-refractivity contribution in [1.82, 2.24) is 20.0 Å². The number of nitro benzene ring substituents is 1. The highest BCUT2D eigenvalue weighted by Gasteiger charge is 2.19. The lowest BCUT2D eigenvalue weighted by molar-refractivity contribution is -0.384. The Morgan fingerprint density at radius 1 is 1.17 bits per heavy atom. The number of nitro groups is 1. The first kappa shape index (κ1) is 19.1. The molecule has 0 spiro atoms. The van der Waals surface area contributed by atoms with Crippen LogP contribution in [-0.4, -0.2) is 43.9 Å². The first-order chi connectivity index (χ1) is 14.1. The molecule has 1 aliphatic heterocycles. The van der Waals surface area contributed by atoms with Gasteiger partial charge in [0.1, 0.15) is 0 Å². The molecule has 0 atom stereocenters. The van der Waals surface area contributed by atoms with Gasteiger partial charge >= 0.3 is 0 Å². The highest BCUT2D eigenvalue weighted by atomic mass is 32.2. The van der Waals surface area contributed by atoms with Crippen LogP contribution in [0.5, 0.6) is 0 Å². The van der Waals surface area contributed by atoms with E-state index in [9.17, 15) is 14.9 Å². The van der Waals surface area contributed by atoms with E-state index in [2.05, 4.69) is 15.1 Å². The fourth-order valence-electron chi connectivity index (χ4n) is 2.99. The van der Waals surface area contributed by atoms with Crippen molar-refractivity contribution in [3.05, 3.63) is 64.2 Å². The quantitative estimate of drug-likeness (QED) is 0.343. The molecule has 0 aliphatic carbocycles. The highest BCUT2D eigenvalue weighted by molar-refractivity contribution is 7.98. The first-order valence-electron chi connectivity index (χ1n) is 9.06. The van der Waals surface area contributed by atoms with E-state index in [-0.39, 0.29) is 11.6 Å². The van der Waals surface area contributed by atoms with Crippen molar-refractivity contribution >= 4 is 23.4 Å². The lowest BCUT2D eigenvalue weighted by Gasteiger charge is -2.14.